The number of aromatic nitrogens is 1. The van der Waals surface area contributed by atoms with Crippen LogP contribution in [-0.2, 0) is 26.3 Å². The molecule has 2 aliphatic rings. The SMILES string of the molecule is CCOC(=O)C1CCCN(S(=O)(=O)N2CCN(Cc3ccccn3)CC2)C1. The van der Waals surface area contributed by atoms with E-state index in [2.05, 4.69) is 9.88 Å². The molecule has 0 radical (unpaired) electrons. The third kappa shape index (κ3) is 5.04. The minimum atomic E-state index is -3.55. The fourth-order valence-electron chi connectivity index (χ4n) is 3.61. The van der Waals surface area contributed by atoms with E-state index in [9.17, 15) is 13.2 Å². The summed E-state index contributed by atoms with van der Waals surface area (Å²) >= 11 is 0. The number of carbonyl (C=O) groups is 1. The van der Waals surface area contributed by atoms with Crippen LogP contribution in [0.5, 0.6) is 0 Å². The number of ether oxygens (including phenoxy) is 1. The van der Waals surface area contributed by atoms with Crippen LogP contribution in [0, 0.1) is 5.92 Å². The fourth-order valence-corrected chi connectivity index (χ4v) is 5.29. The summed E-state index contributed by atoms with van der Waals surface area (Å²) in [5.74, 6) is -0.656. The number of piperidine rings is 1. The first-order valence-corrected chi connectivity index (χ1v) is 10.9. The average molecular weight is 397 g/mol. The lowest BCUT2D eigenvalue weighted by molar-refractivity contribution is -0.149. The lowest BCUT2D eigenvalue weighted by Gasteiger charge is -2.38. The Labute approximate surface area is 161 Å². The molecule has 0 aliphatic carbocycles. The molecule has 27 heavy (non-hydrogen) atoms. The Morgan fingerprint density at radius 1 is 1.19 bits per heavy atom. The molecule has 2 aliphatic heterocycles. The van der Waals surface area contributed by atoms with E-state index in [4.69, 9.17) is 4.74 Å². The number of hydrogen-bond donors (Lipinski definition) is 0. The van der Waals surface area contributed by atoms with E-state index in [0.29, 0.717) is 52.2 Å². The molecular formula is C18H28N4O4S. The van der Waals surface area contributed by atoms with Gasteiger partial charge >= 0.3 is 5.97 Å². The molecule has 8 nitrogen and oxygen atoms in total. The summed E-state index contributed by atoms with van der Waals surface area (Å²) in [5.41, 5.74) is 0.988. The maximum absolute atomic E-state index is 13.0. The highest BCUT2D eigenvalue weighted by Crippen LogP contribution is 2.23. The van der Waals surface area contributed by atoms with Crippen LogP contribution in [0.1, 0.15) is 25.5 Å². The van der Waals surface area contributed by atoms with Gasteiger partial charge in [-0.3, -0.25) is 14.7 Å². The smallest absolute Gasteiger partial charge is 0.310 e. The first-order chi connectivity index (χ1) is 13.0. The molecule has 1 aromatic heterocycles. The van der Waals surface area contributed by atoms with Crippen molar-refractivity contribution in [1.82, 2.24) is 18.5 Å². The van der Waals surface area contributed by atoms with Gasteiger partial charge in [0.25, 0.3) is 10.2 Å². The monoisotopic (exact) mass is 396 g/mol. The highest BCUT2D eigenvalue weighted by Gasteiger charge is 2.37. The summed E-state index contributed by atoms with van der Waals surface area (Å²) in [6.45, 7) is 5.74. The molecule has 3 heterocycles. The van der Waals surface area contributed by atoms with Crippen molar-refractivity contribution < 1.29 is 17.9 Å². The molecule has 0 aromatic carbocycles. The van der Waals surface area contributed by atoms with E-state index >= 15 is 0 Å². The van der Waals surface area contributed by atoms with Crippen molar-refractivity contribution in [3.05, 3.63) is 30.1 Å². The van der Waals surface area contributed by atoms with Crippen LogP contribution in [0.4, 0.5) is 0 Å². The zero-order valence-electron chi connectivity index (χ0n) is 15.8. The normalized spacial score (nSPS) is 23.2. The number of carbonyl (C=O) groups excluding carboxylic acids is 1. The maximum atomic E-state index is 13.0. The molecule has 150 valence electrons. The second-order valence-corrected chi connectivity index (χ2v) is 8.88. The molecule has 2 fully saturated rings. The molecule has 9 heteroatoms. The molecule has 2 saturated heterocycles. The van der Waals surface area contributed by atoms with Gasteiger partial charge in [-0.05, 0) is 31.9 Å². The van der Waals surface area contributed by atoms with Gasteiger partial charge in [0.2, 0.25) is 0 Å². The standard InChI is InChI=1S/C18H28N4O4S/c1-2-26-18(23)16-6-5-9-22(14-16)27(24,25)21-12-10-20(11-13-21)15-17-7-3-4-8-19-17/h3-4,7-8,16H,2,5-6,9-15H2,1H3. The Bertz CT molecular complexity index is 720. The van der Waals surface area contributed by atoms with E-state index in [1.165, 1.54) is 8.61 Å². The van der Waals surface area contributed by atoms with Gasteiger partial charge in [0.1, 0.15) is 0 Å². The third-order valence-corrected chi connectivity index (χ3v) is 7.10. The molecule has 1 aromatic rings. The molecule has 1 atom stereocenters. The highest BCUT2D eigenvalue weighted by molar-refractivity contribution is 7.86. The van der Waals surface area contributed by atoms with Crippen molar-refractivity contribution in [2.45, 2.75) is 26.3 Å². The zero-order valence-corrected chi connectivity index (χ0v) is 16.6. The van der Waals surface area contributed by atoms with E-state index in [1.54, 1.807) is 13.1 Å². The van der Waals surface area contributed by atoms with E-state index in [1.807, 2.05) is 18.2 Å². The Balaban J connectivity index is 1.55. The first-order valence-electron chi connectivity index (χ1n) is 9.55. The van der Waals surface area contributed by atoms with E-state index in [0.717, 1.165) is 12.2 Å². The van der Waals surface area contributed by atoms with E-state index in [-0.39, 0.29) is 18.4 Å². The number of piperazine rings is 1. The third-order valence-electron chi connectivity index (χ3n) is 5.10. The number of esters is 1. The van der Waals surface area contributed by atoms with Crippen LogP contribution in [0.15, 0.2) is 24.4 Å². The minimum absolute atomic E-state index is 0.218. The Morgan fingerprint density at radius 3 is 2.63 bits per heavy atom. The molecule has 0 bridgehead atoms. The number of hydrogen-bond acceptors (Lipinski definition) is 6. The topological polar surface area (TPSA) is 83.0 Å². The molecule has 0 amide bonds. The van der Waals surface area contributed by atoms with Gasteiger partial charge in [0.05, 0.1) is 18.2 Å². The number of nitrogens with zero attached hydrogens (tertiary/aromatic N) is 4. The maximum Gasteiger partial charge on any atom is 0.310 e. The van der Waals surface area contributed by atoms with Gasteiger partial charge in [-0.2, -0.15) is 17.0 Å². The quantitative estimate of drug-likeness (QED) is 0.659. The van der Waals surface area contributed by atoms with Crippen LogP contribution in [-0.4, -0.2) is 78.8 Å². The Kier molecular flexibility index (Phi) is 6.80. The van der Waals surface area contributed by atoms with Crippen LogP contribution in [0.25, 0.3) is 0 Å². The fraction of sp³-hybridized carbons (Fsp3) is 0.667. The van der Waals surface area contributed by atoms with Gasteiger partial charge in [0.15, 0.2) is 0 Å². The molecule has 0 N–H and O–H groups in total. The second kappa shape index (κ2) is 9.09. The van der Waals surface area contributed by atoms with Crippen molar-refractivity contribution in [2.24, 2.45) is 5.92 Å². The first kappa shape index (κ1) is 20.2. The second-order valence-electron chi connectivity index (χ2n) is 6.95. The zero-order chi connectivity index (χ0) is 19.3. The van der Waals surface area contributed by atoms with Gasteiger partial charge in [-0.25, -0.2) is 0 Å². The largest absolute Gasteiger partial charge is 0.466 e. The lowest BCUT2D eigenvalue weighted by atomic mass is 10.0. The average Bonchev–Trinajstić information content (AvgIpc) is 2.69. The van der Waals surface area contributed by atoms with Crippen molar-refractivity contribution in [1.29, 1.82) is 0 Å². The van der Waals surface area contributed by atoms with Crippen molar-refractivity contribution >= 4 is 16.2 Å². The van der Waals surface area contributed by atoms with Gasteiger partial charge < -0.3 is 4.74 Å². The summed E-state index contributed by atoms with van der Waals surface area (Å²) < 4.78 is 34.1. The summed E-state index contributed by atoms with van der Waals surface area (Å²) in [6.07, 6.45) is 3.14. The predicted molar refractivity (Wildman–Crippen MR) is 101 cm³/mol. The minimum Gasteiger partial charge on any atom is -0.466 e. The van der Waals surface area contributed by atoms with Crippen molar-refractivity contribution in [2.75, 3.05) is 45.9 Å². The van der Waals surface area contributed by atoms with Crippen molar-refractivity contribution in [3.8, 4) is 0 Å². The summed E-state index contributed by atoms with van der Waals surface area (Å²) in [6, 6.07) is 5.82. The van der Waals surface area contributed by atoms with Gasteiger partial charge in [-0.1, -0.05) is 6.07 Å². The van der Waals surface area contributed by atoms with Crippen LogP contribution >= 0.6 is 0 Å². The summed E-state index contributed by atoms with van der Waals surface area (Å²) in [4.78, 5) is 18.5. The molecule has 3 rings (SSSR count). The molecular weight excluding hydrogens is 368 g/mol. The predicted octanol–water partition coefficient (Wildman–Crippen LogP) is 0.719. The summed E-state index contributed by atoms with van der Waals surface area (Å²) in [5, 5.41) is 0. The van der Waals surface area contributed by atoms with Crippen LogP contribution < -0.4 is 0 Å². The number of rotatable bonds is 6. The van der Waals surface area contributed by atoms with E-state index < -0.39 is 10.2 Å². The Hall–Kier alpha value is -1.55. The highest BCUT2D eigenvalue weighted by atomic mass is 32.2. The van der Waals surface area contributed by atoms with Gasteiger partial charge in [0, 0.05) is 52.0 Å². The molecule has 0 spiro atoms. The van der Waals surface area contributed by atoms with Gasteiger partial charge in [-0.15, -0.1) is 0 Å². The lowest BCUT2D eigenvalue weighted by Crippen LogP contribution is -2.55. The molecule has 1 unspecified atom stereocenters. The Morgan fingerprint density at radius 2 is 1.96 bits per heavy atom. The summed E-state index contributed by atoms with van der Waals surface area (Å²) in [7, 11) is -3.55. The van der Waals surface area contributed by atoms with Crippen molar-refractivity contribution in [3.63, 3.8) is 0 Å². The van der Waals surface area contributed by atoms with Crippen LogP contribution in [0.2, 0.25) is 0 Å². The van der Waals surface area contributed by atoms with Crippen LogP contribution in [0.3, 0.4) is 0 Å². The molecule has 0 saturated carbocycles. The number of pyridine rings is 1.